The van der Waals surface area contributed by atoms with Crippen LogP contribution in [0.5, 0.6) is 0 Å². The van der Waals surface area contributed by atoms with E-state index in [4.69, 9.17) is 0 Å². The van der Waals surface area contributed by atoms with Gasteiger partial charge in [-0.2, -0.15) is 0 Å². The first-order chi connectivity index (χ1) is 30.8. The summed E-state index contributed by atoms with van der Waals surface area (Å²) in [5.41, 5.74) is 28.8. The van der Waals surface area contributed by atoms with Gasteiger partial charge in [-0.25, -0.2) is 0 Å². The van der Waals surface area contributed by atoms with Gasteiger partial charge in [0.25, 0.3) is 0 Å². The first-order valence-corrected chi connectivity index (χ1v) is 21.7. The fraction of sp³-hybridized carbons (Fsp3) is 0.0164. The Morgan fingerprint density at radius 2 is 0.677 bits per heavy atom. The number of hydrogen-bond acceptors (Lipinski definition) is 1. The van der Waals surface area contributed by atoms with Crippen LogP contribution in [0.25, 0.3) is 89.0 Å². The van der Waals surface area contributed by atoms with Gasteiger partial charge in [-0.1, -0.05) is 200 Å². The topological polar surface area (TPSA) is 3.24 Å². The maximum absolute atomic E-state index is 2.56. The van der Waals surface area contributed by atoms with E-state index in [9.17, 15) is 0 Å². The molecule has 1 nitrogen and oxygen atoms in total. The molecule has 0 fully saturated rings. The Kier molecular flexibility index (Phi) is 6.82. The Bertz CT molecular complexity index is 3470. The molecule has 0 N–H and O–H groups in total. The van der Waals surface area contributed by atoms with Gasteiger partial charge in [0.1, 0.15) is 0 Å². The Morgan fingerprint density at radius 1 is 0.242 bits per heavy atom. The molecule has 62 heavy (non-hydrogen) atoms. The largest absolute Gasteiger partial charge is 0.309 e. The number of para-hydroxylation sites is 1. The summed E-state index contributed by atoms with van der Waals surface area (Å²) in [4.78, 5) is 2.56. The first kappa shape index (κ1) is 33.8. The third kappa shape index (κ3) is 4.27. The zero-order valence-corrected chi connectivity index (χ0v) is 33.8. The maximum Gasteiger partial charge on any atom is 0.0726 e. The summed E-state index contributed by atoms with van der Waals surface area (Å²) in [5, 5.41) is 0. The van der Waals surface area contributed by atoms with Crippen molar-refractivity contribution in [2.75, 3.05) is 4.90 Å². The Hall–Kier alpha value is -8.00. The van der Waals surface area contributed by atoms with Gasteiger partial charge in [0.2, 0.25) is 0 Å². The van der Waals surface area contributed by atoms with Crippen molar-refractivity contribution in [3.63, 3.8) is 0 Å². The number of rotatable bonds is 4. The van der Waals surface area contributed by atoms with Gasteiger partial charge in [-0.05, 0) is 124 Å². The van der Waals surface area contributed by atoms with Crippen molar-refractivity contribution in [2.24, 2.45) is 0 Å². The van der Waals surface area contributed by atoms with E-state index in [0.717, 1.165) is 17.1 Å². The molecule has 0 amide bonds. The molecule has 0 saturated heterocycles. The minimum atomic E-state index is -0.452. The van der Waals surface area contributed by atoms with Crippen LogP contribution in [0.2, 0.25) is 0 Å². The number of anilines is 3. The van der Waals surface area contributed by atoms with E-state index in [-0.39, 0.29) is 0 Å². The van der Waals surface area contributed by atoms with Crippen LogP contribution in [-0.2, 0) is 5.41 Å². The molecule has 0 aromatic heterocycles. The van der Waals surface area contributed by atoms with Crippen molar-refractivity contribution < 1.29 is 0 Å². The lowest BCUT2D eigenvalue weighted by Crippen LogP contribution is -2.26. The summed E-state index contributed by atoms with van der Waals surface area (Å²) in [6.07, 6.45) is 0. The van der Waals surface area contributed by atoms with Crippen molar-refractivity contribution in [1.29, 1.82) is 0 Å². The fourth-order valence-corrected chi connectivity index (χ4v) is 11.9. The molecule has 4 aliphatic carbocycles. The molecule has 4 aliphatic rings. The Morgan fingerprint density at radius 3 is 1.35 bits per heavy atom. The highest BCUT2D eigenvalue weighted by molar-refractivity contribution is 6.15. The molecule has 0 heterocycles. The van der Waals surface area contributed by atoms with Gasteiger partial charge in [-0.15, -0.1) is 0 Å². The normalized spacial score (nSPS) is 13.3. The summed E-state index contributed by atoms with van der Waals surface area (Å²) in [6, 6.07) is 84.2. The lowest BCUT2D eigenvalue weighted by molar-refractivity contribution is 0.794. The average Bonchev–Trinajstić information content (AvgIpc) is 3.78. The lowest BCUT2D eigenvalue weighted by Gasteiger charge is -2.33. The van der Waals surface area contributed by atoms with Gasteiger partial charge in [0.15, 0.2) is 0 Å². The van der Waals surface area contributed by atoms with Crippen LogP contribution in [0.4, 0.5) is 17.1 Å². The van der Waals surface area contributed by atoms with Crippen molar-refractivity contribution in [3.05, 3.63) is 247 Å². The molecule has 0 unspecified atom stereocenters. The first-order valence-electron chi connectivity index (χ1n) is 21.7. The van der Waals surface area contributed by atoms with E-state index in [1.54, 1.807) is 0 Å². The molecule has 1 spiro atoms. The predicted molar refractivity (Wildman–Crippen MR) is 257 cm³/mol. The van der Waals surface area contributed by atoms with E-state index < -0.39 is 5.41 Å². The Balaban J connectivity index is 1.09. The van der Waals surface area contributed by atoms with Crippen molar-refractivity contribution in [1.82, 2.24) is 0 Å². The highest BCUT2D eigenvalue weighted by Crippen LogP contribution is 2.65. The zero-order valence-electron chi connectivity index (χ0n) is 33.8. The number of fused-ring (bicyclic) bond motifs is 14. The van der Waals surface area contributed by atoms with Crippen LogP contribution in [0.1, 0.15) is 22.3 Å². The molecule has 0 saturated carbocycles. The Labute approximate surface area is 361 Å². The van der Waals surface area contributed by atoms with E-state index >= 15 is 0 Å². The quantitative estimate of drug-likeness (QED) is 0.172. The SMILES string of the molecule is c1ccc(-c2ccccc2N(c2ccc3c(c2)-c2c4cccc2-c2cccc-3c2-c2ccccc2-4)c2cccc3c2-c2ccccc2C32c3ccccc3-c3ccccc32)cc1. The molecule has 1 heteroatoms. The van der Waals surface area contributed by atoms with Gasteiger partial charge in [0.05, 0.1) is 16.8 Å². The van der Waals surface area contributed by atoms with Crippen LogP contribution in [-0.4, -0.2) is 0 Å². The van der Waals surface area contributed by atoms with Crippen LogP contribution in [0.15, 0.2) is 224 Å². The molecular formula is C61H37N. The second-order valence-electron chi connectivity index (χ2n) is 17.0. The minimum Gasteiger partial charge on any atom is -0.309 e. The molecule has 10 aromatic rings. The summed E-state index contributed by atoms with van der Waals surface area (Å²) in [6.45, 7) is 0. The predicted octanol–water partition coefficient (Wildman–Crippen LogP) is 16.1. The standard InChI is InChI=1S/C61H37N/c1-2-17-38(18-3-1)40-19-9-13-33-56(40)62(39-35-36-42-47-26-15-27-48-49-28-14-25-46(59(49)51(42)37-39)41-20-4-5-23-45(41)58(47)48)57-34-16-32-55-60(57)50-24-8-12-31-54(50)61(55)52-29-10-6-21-43(52)44-22-7-11-30-53(44)61/h1-37H. The average molecular weight is 784 g/mol. The molecule has 14 rings (SSSR count). The van der Waals surface area contributed by atoms with Crippen molar-refractivity contribution >= 4 is 17.1 Å². The lowest BCUT2D eigenvalue weighted by atomic mass is 9.70. The zero-order chi connectivity index (χ0) is 40.5. The molecular weight excluding hydrogens is 747 g/mol. The van der Waals surface area contributed by atoms with Crippen molar-refractivity contribution in [2.45, 2.75) is 5.41 Å². The van der Waals surface area contributed by atoms with E-state index in [1.807, 2.05) is 0 Å². The van der Waals surface area contributed by atoms with Gasteiger partial charge in [0, 0.05) is 16.8 Å². The van der Waals surface area contributed by atoms with Crippen LogP contribution < -0.4 is 4.90 Å². The summed E-state index contributed by atoms with van der Waals surface area (Å²) in [7, 11) is 0. The smallest absolute Gasteiger partial charge is 0.0726 e. The van der Waals surface area contributed by atoms with Crippen LogP contribution in [0, 0.1) is 0 Å². The molecule has 0 atom stereocenters. The molecule has 0 radical (unpaired) electrons. The highest BCUT2D eigenvalue weighted by Gasteiger charge is 2.52. The van der Waals surface area contributed by atoms with E-state index in [0.29, 0.717) is 0 Å². The summed E-state index contributed by atoms with van der Waals surface area (Å²) in [5.74, 6) is 0. The maximum atomic E-state index is 2.56. The van der Waals surface area contributed by atoms with Gasteiger partial charge in [-0.3, -0.25) is 0 Å². The molecule has 0 aliphatic heterocycles. The second-order valence-corrected chi connectivity index (χ2v) is 17.0. The summed E-state index contributed by atoms with van der Waals surface area (Å²) < 4.78 is 0. The fourth-order valence-electron chi connectivity index (χ4n) is 11.9. The number of nitrogens with zero attached hydrogens (tertiary/aromatic N) is 1. The van der Waals surface area contributed by atoms with Crippen LogP contribution >= 0.6 is 0 Å². The third-order valence-electron chi connectivity index (χ3n) is 14.2. The van der Waals surface area contributed by atoms with Gasteiger partial charge < -0.3 is 4.90 Å². The molecule has 10 aromatic carbocycles. The summed E-state index contributed by atoms with van der Waals surface area (Å²) >= 11 is 0. The van der Waals surface area contributed by atoms with Crippen molar-refractivity contribution in [3.8, 4) is 89.0 Å². The number of hydrogen-bond donors (Lipinski definition) is 0. The van der Waals surface area contributed by atoms with E-state index in [2.05, 4.69) is 229 Å². The molecule has 6 bridgehead atoms. The second kappa shape index (κ2) is 12.5. The molecule has 286 valence electrons. The third-order valence-corrected chi connectivity index (χ3v) is 14.2. The monoisotopic (exact) mass is 783 g/mol. The highest BCUT2D eigenvalue weighted by atomic mass is 15.1. The number of benzene rings is 10. The van der Waals surface area contributed by atoms with E-state index in [1.165, 1.54) is 111 Å². The van der Waals surface area contributed by atoms with Gasteiger partial charge >= 0.3 is 0 Å². The minimum absolute atomic E-state index is 0.452. The van der Waals surface area contributed by atoms with Crippen LogP contribution in [0.3, 0.4) is 0 Å².